The Morgan fingerprint density at radius 1 is 1.47 bits per heavy atom. The van der Waals surface area contributed by atoms with Crippen LogP contribution in [0.25, 0.3) is 0 Å². The Morgan fingerprint density at radius 2 is 2.24 bits per heavy atom. The second kappa shape index (κ2) is 5.39. The molecule has 0 spiro atoms. The van der Waals surface area contributed by atoms with Crippen molar-refractivity contribution in [1.82, 2.24) is 5.32 Å². The molecule has 3 N–H and O–H groups in total. The standard InChI is InChI=1S/C13H21BrN2S/c1-13(2,11-6-7-12(14)17-11)8-16-10-5-3-4-9(10)15/h6-7,9-10,16H,3-5,8,15H2,1-2H3. The maximum atomic E-state index is 6.08. The molecule has 2 unspecified atom stereocenters. The summed E-state index contributed by atoms with van der Waals surface area (Å²) in [5.41, 5.74) is 6.26. The molecule has 0 aliphatic heterocycles. The van der Waals surface area contributed by atoms with Gasteiger partial charge in [-0.1, -0.05) is 20.3 Å². The Hall–Kier alpha value is 0.1000. The van der Waals surface area contributed by atoms with Crippen molar-refractivity contribution in [2.75, 3.05) is 6.54 Å². The summed E-state index contributed by atoms with van der Waals surface area (Å²) in [6.45, 7) is 5.58. The molecule has 1 heterocycles. The van der Waals surface area contributed by atoms with E-state index in [2.05, 4.69) is 47.2 Å². The van der Waals surface area contributed by atoms with E-state index in [9.17, 15) is 0 Å². The summed E-state index contributed by atoms with van der Waals surface area (Å²) in [7, 11) is 0. The van der Waals surface area contributed by atoms with Crippen molar-refractivity contribution in [3.63, 3.8) is 0 Å². The molecule has 0 aromatic carbocycles. The van der Waals surface area contributed by atoms with E-state index in [4.69, 9.17) is 5.73 Å². The summed E-state index contributed by atoms with van der Waals surface area (Å²) in [6, 6.07) is 5.20. The summed E-state index contributed by atoms with van der Waals surface area (Å²) in [5.74, 6) is 0. The van der Waals surface area contributed by atoms with E-state index < -0.39 is 0 Å². The normalized spacial score (nSPS) is 25.4. The van der Waals surface area contributed by atoms with E-state index in [0.717, 1.165) is 6.54 Å². The number of nitrogens with one attached hydrogen (secondary N) is 1. The van der Waals surface area contributed by atoms with E-state index in [-0.39, 0.29) is 5.41 Å². The van der Waals surface area contributed by atoms with Gasteiger partial charge in [0.1, 0.15) is 0 Å². The largest absolute Gasteiger partial charge is 0.326 e. The molecule has 2 rings (SSSR count). The van der Waals surface area contributed by atoms with E-state index in [1.54, 1.807) is 0 Å². The fourth-order valence-corrected chi connectivity index (χ4v) is 3.88. The highest BCUT2D eigenvalue weighted by Crippen LogP contribution is 2.32. The smallest absolute Gasteiger partial charge is 0.0701 e. The molecule has 96 valence electrons. The van der Waals surface area contributed by atoms with Gasteiger partial charge in [0, 0.05) is 28.9 Å². The molecule has 2 atom stereocenters. The lowest BCUT2D eigenvalue weighted by Gasteiger charge is -2.27. The first-order valence-corrected chi connectivity index (χ1v) is 7.85. The Labute approximate surface area is 116 Å². The van der Waals surface area contributed by atoms with E-state index in [0.29, 0.717) is 12.1 Å². The van der Waals surface area contributed by atoms with Crippen molar-refractivity contribution in [2.45, 2.75) is 50.6 Å². The van der Waals surface area contributed by atoms with Crippen LogP contribution in [-0.2, 0) is 5.41 Å². The van der Waals surface area contributed by atoms with Gasteiger partial charge in [0.15, 0.2) is 0 Å². The molecular weight excluding hydrogens is 296 g/mol. The lowest BCUT2D eigenvalue weighted by atomic mass is 9.91. The van der Waals surface area contributed by atoms with Crippen molar-refractivity contribution in [3.8, 4) is 0 Å². The van der Waals surface area contributed by atoms with Crippen molar-refractivity contribution < 1.29 is 0 Å². The van der Waals surface area contributed by atoms with Gasteiger partial charge < -0.3 is 11.1 Å². The molecule has 0 saturated heterocycles. The van der Waals surface area contributed by atoms with Crippen LogP contribution in [0.3, 0.4) is 0 Å². The van der Waals surface area contributed by atoms with Crippen LogP contribution in [0.4, 0.5) is 0 Å². The van der Waals surface area contributed by atoms with Gasteiger partial charge >= 0.3 is 0 Å². The Balaban J connectivity index is 1.93. The van der Waals surface area contributed by atoms with Crippen LogP contribution < -0.4 is 11.1 Å². The van der Waals surface area contributed by atoms with Gasteiger partial charge in [-0.3, -0.25) is 0 Å². The van der Waals surface area contributed by atoms with Gasteiger partial charge in [-0.15, -0.1) is 11.3 Å². The highest BCUT2D eigenvalue weighted by atomic mass is 79.9. The van der Waals surface area contributed by atoms with Crippen molar-refractivity contribution in [2.24, 2.45) is 5.73 Å². The highest BCUT2D eigenvalue weighted by Gasteiger charge is 2.28. The molecule has 0 radical (unpaired) electrons. The van der Waals surface area contributed by atoms with Gasteiger partial charge in [-0.05, 0) is 40.9 Å². The van der Waals surface area contributed by atoms with Crippen LogP contribution in [0, 0.1) is 0 Å². The second-order valence-electron chi connectivity index (χ2n) is 5.57. The lowest BCUT2D eigenvalue weighted by Crippen LogP contribution is -2.45. The van der Waals surface area contributed by atoms with Gasteiger partial charge in [0.2, 0.25) is 0 Å². The first-order chi connectivity index (χ1) is 7.99. The van der Waals surface area contributed by atoms with Crippen molar-refractivity contribution >= 4 is 27.3 Å². The van der Waals surface area contributed by atoms with Crippen LogP contribution in [0.15, 0.2) is 15.9 Å². The number of halogens is 1. The average Bonchev–Trinajstić information content (AvgIpc) is 2.85. The second-order valence-corrected chi connectivity index (χ2v) is 8.03. The number of hydrogen-bond donors (Lipinski definition) is 2. The summed E-state index contributed by atoms with van der Waals surface area (Å²) in [4.78, 5) is 1.42. The molecule has 1 saturated carbocycles. The first-order valence-electron chi connectivity index (χ1n) is 6.24. The fourth-order valence-electron chi connectivity index (χ4n) is 2.39. The monoisotopic (exact) mass is 316 g/mol. The molecule has 1 aliphatic carbocycles. The number of hydrogen-bond acceptors (Lipinski definition) is 3. The van der Waals surface area contributed by atoms with Crippen LogP contribution in [-0.4, -0.2) is 18.6 Å². The van der Waals surface area contributed by atoms with E-state index in [1.807, 2.05) is 11.3 Å². The van der Waals surface area contributed by atoms with Crippen LogP contribution in [0.2, 0.25) is 0 Å². The third kappa shape index (κ3) is 3.31. The van der Waals surface area contributed by atoms with Gasteiger partial charge in [-0.25, -0.2) is 0 Å². The Morgan fingerprint density at radius 3 is 2.76 bits per heavy atom. The lowest BCUT2D eigenvalue weighted by molar-refractivity contribution is 0.404. The molecule has 17 heavy (non-hydrogen) atoms. The zero-order valence-corrected chi connectivity index (χ0v) is 12.9. The predicted octanol–water partition coefficient (Wildman–Crippen LogP) is 3.26. The molecule has 0 bridgehead atoms. The summed E-state index contributed by atoms with van der Waals surface area (Å²) < 4.78 is 1.21. The summed E-state index contributed by atoms with van der Waals surface area (Å²) in [6.07, 6.45) is 3.66. The van der Waals surface area contributed by atoms with Crippen molar-refractivity contribution in [1.29, 1.82) is 0 Å². The Bertz CT molecular complexity index is 375. The molecule has 1 aromatic rings. The zero-order valence-electron chi connectivity index (χ0n) is 10.5. The number of rotatable bonds is 4. The van der Waals surface area contributed by atoms with Gasteiger partial charge in [0.25, 0.3) is 0 Å². The summed E-state index contributed by atoms with van der Waals surface area (Å²) >= 11 is 5.35. The number of thiophene rings is 1. The van der Waals surface area contributed by atoms with Gasteiger partial charge in [-0.2, -0.15) is 0 Å². The third-order valence-electron chi connectivity index (χ3n) is 3.62. The van der Waals surface area contributed by atoms with Crippen LogP contribution >= 0.6 is 27.3 Å². The predicted molar refractivity (Wildman–Crippen MR) is 78.7 cm³/mol. The van der Waals surface area contributed by atoms with Crippen LogP contribution in [0.1, 0.15) is 38.0 Å². The molecule has 1 fully saturated rings. The summed E-state index contributed by atoms with van der Waals surface area (Å²) in [5, 5.41) is 3.65. The number of nitrogens with two attached hydrogens (primary N) is 1. The van der Waals surface area contributed by atoms with E-state index >= 15 is 0 Å². The molecule has 0 amide bonds. The topological polar surface area (TPSA) is 38.0 Å². The minimum atomic E-state index is 0.180. The third-order valence-corrected chi connectivity index (χ3v) is 5.61. The average molecular weight is 317 g/mol. The maximum absolute atomic E-state index is 6.08. The molecule has 1 aliphatic rings. The molecule has 2 nitrogen and oxygen atoms in total. The SMILES string of the molecule is CC(C)(CNC1CCCC1N)c1ccc(Br)s1. The molecule has 4 heteroatoms. The Kier molecular flexibility index (Phi) is 4.29. The molecular formula is C13H21BrN2S. The minimum absolute atomic E-state index is 0.180. The maximum Gasteiger partial charge on any atom is 0.0701 e. The van der Waals surface area contributed by atoms with Gasteiger partial charge in [0.05, 0.1) is 3.79 Å². The quantitative estimate of drug-likeness (QED) is 0.894. The highest BCUT2D eigenvalue weighted by molar-refractivity contribution is 9.11. The first kappa shape index (κ1) is 13.5. The van der Waals surface area contributed by atoms with Crippen molar-refractivity contribution in [3.05, 3.63) is 20.8 Å². The minimum Gasteiger partial charge on any atom is -0.326 e. The van der Waals surface area contributed by atoms with E-state index in [1.165, 1.54) is 27.9 Å². The molecule has 1 aromatic heterocycles. The zero-order chi connectivity index (χ0) is 12.5. The fraction of sp³-hybridized carbons (Fsp3) is 0.692. The van der Waals surface area contributed by atoms with Crippen LogP contribution in [0.5, 0.6) is 0 Å².